The number of ketones is 2. The molecule has 0 spiro atoms. The van der Waals surface area contributed by atoms with Crippen LogP contribution < -0.4 is 0 Å². The molecule has 8 heteroatoms. The molecule has 3 rings (SSSR count). The van der Waals surface area contributed by atoms with Crippen LogP contribution >= 0.6 is 0 Å². The van der Waals surface area contributed by atoms with E-state index in [1.165, 1.54) is 31.2 Å². The fourth-order valence-electron chi connectivity index (χ4n) is 3.27. The highest BCUT2D eigenvalue weighted by Gasteiger charge is 2.37. The third-order valence-corrected chi connectivity index (χ3v) is 6.08. The average molecular weight is 439 g/mol. The highest BCUT2D eigenvalue weighted by atomic mass is 32.2. The minimum Gasteiger partial charge on any atom is -0.465 e. The molecule has 0 aromatic heterocycles. The number of hydrogen-bond donors (Lipinski definition) is 0. The van der Waals surface area contributed by atoms with E-state index in [2.05, 4.69) is 4.40 Å². The fourth-order valence-corrected chi connectivity index (χ4v) is 4.27. The van der Waals surface area contributed by atoms with E-state index in [-0.39, 0.29) is 28.4 Å². The second kappa shape index (κ2) is 8.77. The first-order chi connectivity index (χ1) is 14.7. The first kappa shape index (κ1) is 22.3. The Morgan fingerprint density at radius 2 is 1.65 bits per heavy atom. The Bertz CT molecular complexity index is 1220. The maximum atomic E-state index is 13.1. The van der Waals surface area contributed by atoms with Crippen molar-refractivity contribution in [1.29, 1.82) is 0 Å². The largest absolute Gasteiger partial charge is 0.465 e. The average Bonchev–Trinajstić information content (AvgIpc) is 2.71. The molecule has 7 nitrogen and oxygen atoms in total. The topological polar surface area (TPSA) is 107 Å². The van der Waals surface area contributed by atoms with Crippen molar-refractivity contribution in [3.63, 3.8) is 0 Å². The maximum Gasteiger partial charge on any atom is 0.321 e. The van der Waals surface area contributed by atoms with E-state index in [1.807, 2.05) is 6.92 Å². The van der Waals surface area contributed by atoms with Gasteiger partial charge in [0.25, 0.3) is 10.0 Å². The maximum absolute atomic E-state index is 13.1. The van der Waals surface area contributed by atoms with Crippen molar-refractivity contribution in [2.75, 3.05) is 6.61 Å². The van der Waals surface area contributed by atoms with Crippen molar-refractivity contribution < 1.29 is 27.5 Å². The summed E-state index contributed by atoms with van der Waals surface area (Å²) in [6.45, 7) is 4.62. The monoisotopic (exact) mass is 439 g/mol. The Morgan fingerprint density at radius 3 is 2.23 bits per heavy atom. The van der Waals surface area contributed by atoms with E-state index < -0.39 is 33.5 Å². The van der Waals surface area contributed by atoms with Crippen molar-refractivity contribution in [1.82, 2.24) is 0 Å². The first-order valence-corrected chi connectivity index (χ1v) is 11.0. The van der Waals surface area contributed by atoms with Gasteiger partial charge in [0.05, 0.1) is 17.2 Å². The fraction of sp³-hybridized carbons (Fsp3) is 0.217. The first-order valence-electron chi connectivity index (χ1n) is 9.60. The van der Waals surface area contributed by atoms with Gasteiger partial charge in [0.15, 0.2) is 5.78 Å². The smallest absolute Gasteiger partial charge is 0.321 e. The highest BCUT2D eigenvalue weighted by molar-refractivity contribution is 7.90. The number of rotatable bonds is 6. The quantitative estimate of drug-likeness (QED) is 0.506. The molecule has 160 valence electrons. The summed E-state index contributed by atoms with van der Waals surface area (Å²) in [5, 5.41) is 0. The number of benzene rings is 2. The number of fused-ring (bicyclic) bond motifs is 1. The number of esters is 1. The standard InChI is InChI=1S/C23H21NO6S/c1-4-30-23(27)21(15(3)25)19-13-20(17-7-5-6-8-18(17)22(19)26)24-31(28,29)16-11-9-14(2)10-12-16/h5-13,21H,4H2,1-3H3. The predicted molar refractivity (Wildman–Crippen MR) is 115 cm³/mol. The van der Waals surface area contributed by atoms with Gasteiger partial charge in [-0.05, 0) is 39.0 Å². The lowest BCUT2D eigenvalue weighted by atomic mass is 9.81. The number of aryl methyl sites for hydroxylation is 1. The third-order valence-electron chi connectivity index (χ3n) is 4.78. The van der Waals surface area contributed by atoms with E-state index in [0.717, 1.165) is 5.56 Å². The number of carbonyl (C=O) groups excluding carboxylic acids is 3. The molecule has 0 saturated heterocycles. The lowest BCUT2D eigenvalue weighted by Gasteiger charge is -2.21. The van der Waals surface area contributed by atoms with Gasteiger partial charge in [-0.1, -0.05) is 42.0 Å². The van der Waals surface area contributed by atoms with Crippen molar-refractivity contribution in [3.8, 4) is 0 Å². The van der Waals surface area contributed by atoms with Gasteiger partial charge >= 0.3 is 5.97 Å². The molecular formula is C23H21NO6S. The van der Waals surface area contributed by atoms with Gasteiger partial charge in [0.2, 0.25) is 0 Å². The van der Waals surface area contributed by atoms with Crippen LogP contribution in [0, 0.1) is 12.8 Å². The summed E-state index contributed by atoms with van der Waals surface area (Å²) in [5.74, 6) is -3.46. The molecule has 0 saturated carbocycles. The molecule has 1 unspecified atom stereocenters. The Labute approximate surface area is 180 Å². The summed E-state index contributed by atoms with van der Waals surface area (Å²) in [5.41, 5.74) is 1.16. The van der Waals surface area contributed by atoms with Crippen molar-refractivity contribution in [3.05, 3.63) is 76.9 Å². The molecule has 0 radical (unpaired) electrons. The van der Waals surface area contributed by atoms with E-state index in [0.29, 0.717) is 5.56 Å². The summed E-state index contributed by atoms with van der Waals surface area (Å²) in [7, 11) is -4.11. The molecule has 1 atom stereocenters. The number of hydrogen-bond acceptors (Lipinski definition) is 6. The molecule has 31 heavy (non-hydrogen) atoms. The molecule has 1 aliphatic rings. The Balaban J connectivity index is 2.20. The van der Waals surface area contributed by atoms with Crippen LogP contribution in [0.2, 0.25) is 0 Å². The third kappa shape index (κ3) is 4.54. The summed E-state index contributed by atoms with van der Waals surface area (Å²) in [6.07, 6.45) is 1.19. The van der Waals surface area contributed by atoms with Crippen LogP contribution in [0.25, 0.3) is 0 Å². The van der Waals surface area contributed by atoms with Crippen LogP contribution in [0.4, 0.5) is 0 Å². The lowest BCUT2D eigenvalue weighted by molar-refractivity contribution is -0.149. The van der Waals surface area contributed by atoms with Gasteiger partial charge in [0, 0.05) is 16.7 Å². The molecule has 0 heterocycles. The van der Waals surface area contributed by atoms with E-state index in [1.54, 1.807) is 37.3 Å². The Morgan fingerprint density at radius 1 is 1.03 bits per heavy atom. The summed E-state index contributed by atoms with van der Waals surface area (Å²) in [4.78, 5) is 37.6. The normalized spacial score (nSPS) is 15.8. The van der Waals surface area contributed by atoms with Gasteiger partial charge in [-0.2, -0.15) is 12.8 Å². The van der Waals surface area contributed by atoms with Crippen LogP contribution in [0.1, 0.15) is 35.3 Å². The highest BCUT2D eigenvalue weighted by Crippen LogP contribution is 2.29. The number of carbonyl (C=O) groups is 3. The number of Topliss-reactive ketones (excluding diaryl/α,β-unsaturated/α-hetero) is 2. The molecule has 2 aromatic carbocycles. The summed E-state index contributed by atoms with van der Waals surface area (Å²) < 4.78 is 34.7. The predicted octanol–water partition coefficient (Wildman–Crippen LogP) is 3.06. The zero-order valence-corrected chi connectivity index (χ0v) is 18.1. The van der Waals surface area contributed by atoms with Crippen molar-refractivity contribution in [2.24, 2.45) is 10.3 Å². The van der Waals surface area contributed by atoms with Crippen LogP contribution in [-0.4, -0.2) is 38.3 Å². The Hall–Kier alpha value is -3.39. The molecule has 1 aliphatic carbocycles. The zero-order chi connectivity index (χ0) is 22.8. The van der Waals surface area contributed by atoms with Gasteiger partial charge in [-0.15, -0.1) is 0 Å². The number of sulfonamides is 1. The summed E-state index contributed by atoms with van der Waals surface area (Å²) >= 11 is 0. The Kier molecular flexibility index (Phi) is 6.31. The van der Waals surface area contributed by atoms with E-state index in [4.69, 9.17) is 4.74 Å². The number of ether oxygens (including phenoxy) is 1. The molecule has 2 aromatic rings. The molecule has 0 amide bonds. The second-order valence-electron chi connectivity index (χ2n) is 7.03. The van der Waals surface area contributed by atoms with Gasteiger partial charge in [0.1, 0.15) is 11.7 Å². The van der Waals surface area contributed by atoms with Gasteiger partial charge < -0.3 is 4.74 Å². The SMILES string of the molecule is CCOC(=O)C(C(C)=O)C1=CC(=NS(=O)(=O)c2ccc(C)cc2)c2ccccc2C1=O. The minimum atomic E-state index is -4.11. The minimum absolute atomic E-state index is 0.0107. The zero-order valence-electron chi connectivity index (χ0n) is 17.3. The van der Waals surface area contributed by atoms with Gasteiger partial charge in [-0.25, -0.2) is 0 Å². The molecule has 0 aliphatic heterocycles. The van der Waals surface area contributed by atoms with E-state index in [9.17, 15) is 22.8 Å². The van der Waals surface area contributed by atoms with Crippen molar-refractivity contribution in [2.45, 2.75) is 25.7 Å². The van der Waals surface area contributed by atoms with Gasteiger partial charge in [-0.3, -0.25) is 14.4 Å². The van der Waals surface area contributed by atoms with Crippen LogP contribution in [-0.2, 0) is 24.3 Å². The number of allylic oxidation sites excluding steroid dienone is 1. The molecule has 0 fully saturated rings. The van der Waals surface area contributed by atoms with Crippen LogP contribution in [0.3, 0.4) is 0 Å². The van der Waals surface area contributed by atoms with E-state index >= 15 is 0 Å². The molecular weight excluding hydrogens is 418 g/mol. The number of nitrogens with zero attached hydrogens (tertiary/aromatic N) is 1. The lowest BCUT2D eigenvalue weighted by Crippen LogP contribution is -2.32. The van der Waals surface area contributed by atoms with Crippen LogP contribution in [0.15, 0.2) is 69.5 Å². The molecule has 0 bridgehead atoms. The van der Waals surface area contributed by atoms with Crippen LogP contribution in [0.5, 0.6) is 0 Å². The van der Waals surface area contributed by atoms with Crippen molar-refractivity contribution >= 4 is 33.3 Å². The molecule has 0 N–H and O–H groups in total. The summed E-state index contributed by atoms with van der Waals surface area (Å²) in [6, 6.07) is 12.5. The second-order valence-corrected chi connectivity index (χ2v) is 8.64.